The molecule has 5 nitrogen and oxygen atoms in total. The Balaban J connectivity index is 1.24. The Kier molecular flexibility index (Phi) is 6.38. The maximum Gasteiger partial charge on any atom is 0.255 e. The van der Waals surface area contributed by atoms with E-state index >= 15 is 0 Å². The SMILES string of the molecule is Nc1ccc(CN2CCN(C3CCN(C(=O)c4ccccc4Cl)CC3)CC2)cc1. The predicted molar refractivity (Wildman–Crippen MR) is 118 cm³/mol. The predicted octanol–water partition coefficient (Wildman–Crippen LogP) is 3.34. The van der Waals surface area contributed by atoms with E-state index in [1.54, 1.807) is 6.07 Å². The highest BCUT2D eigenvalue weighted by molar-refractivity contribution is 6.33. The van der Waals surface area contributed by atoms with Crippen LogP contribution in [0.2, 0.25) is 5.02 Å². The molecule has 0 atom stereocenters. The molecule has 0 unspecified atom stereocenters. The molecule has 6 heteroatoms. The van der Waals surface area contributed by atoms with Crippen LogP contribution in [-0.4, -0.2) is 65.9 Å². The summed E-state index contributed by atoms with van der Waals surface area (Å²) < 4.78 is 0. The van der Waals surface area contributed by atoms with Gasteiger partial charge < -0.3 is 10.6 Å². The highest BCUT2D eigenvalue weighted by Gasteiger charge is 2.29. The van der Waals surface area contributed by atoms with Gasteiger partial charge in [0.15, 0.2) is 0 Å². The molecule has 2 N–H and O–H groups in total. The second kappa shape index (κ2) is 9.16. The maximum absolute atomic E-state index is 12.8. The Morgan fingerprint density at radius 3 is 2.24 bits per heavy atom. The minimum absolute atomic E-state index is 0.0577. The maximum atomic E-state index is 12.8. The highest BCUT2D eigenvalue weighted by Crippen LogP contribution is 2.23. The van der Waals surface area contributed by atoms with E-state index in [4.69, 9.17) is 17.3 Å². The van der Waals surface area contributed by atoms with E-state index in [2.05, 4.69) is 21.9 Å². The lowest BCUT2D eigenvalue weighted by molar-refractivity contribution is 0.0468. The van der Waals surface area contributed by atoms with Crippen molar-refractivity contribution in [3.8, 4) is 0 Å². The molecule has 2 heterocycles. The minimum atomic E-state index is 0.0577. The smallest absolute Gasteiger partial charge is 0.255 e. The number of hydrogen-bond donors (Lipinski definition) is 1. The molecule has 4 rings (SSSR count). The normalized spacial score (nSPS) is 19.4. The average molecular weight is 413 g/mol. The fraction of sp³-hybridized carbons (Fsp3) is 0.435. The lowest BCUT2D eigenvalue weighted by Gasteiger charge is -2.42. The van der Waals surface area contributed by atoms with Gasteiger partial charge in [0.25, 0.3) is 5.91 Å². The summed E-state index contributed by atoms with van der Waals surface area (Å²) in [6, 6.07) is 16.1. The van der Waals surface area contributed by atoms with Crippen LogP contribution in [0.3, 0.4) is 0 Å². The minimum Gasteiger partial charge on any atom is -0.399 e. The third-order valence-corrected chi connectivity index (χ3v) is 6.49. The molecule has 0 aromatic heterocycles. The van der Waals surface area contributed by atoms with Crippen LogP contribution >= 0.6 is 11.6 Å². The number of nitrogens with two attached hydrogens (primary N) is 1. The summed E-state index contributed by atoms with van der Waals surface area (Å²) in [5, 5.41) is 0.539. The number of benzene rings is 2. The monoisotopic (exact) mass is 412 g/mol. The zero-order valence-corrected chi connectivity index (χ0v) is 17.5. The number of likely N-dealkylation sites (tertiary alicyclic amines) is 1. The van der Waals surface area contributed by atoms with E-state index in [1.807, 2.05) is 35.2 Å². The van der Waals surface area contributed by atoms with Crippen LogP contribution in [0.1, 0.15) is 28.8 Å². The fourth-order valence-electron chi connectivity index (χ4n) is 4.41. The first kappa shape index (κ1) is 20.2. The first-order valence-electron chi connectivity index (χ1n) is 10.4. The molecular formula is C23H29ClN4O. The van der Waals surface area contributed by atoms with E-state index < -0.39 is 0 Å². The van der Waals surface area contributed by atoms with Crippen molar-refractivity contribution in [3.05, 3.63) is 64.7 Å². The topological polar surface area (TPSA) is 52.8 Å². The van der Waals surface area contributed by atoms with Crippen molar-refractivity contribution in [2.24, 2.45) is 0 Å². The van der Waals surface area contributed by atoms with Gasteiger partial charge in [0.1, 0.15) is 0 Å². The van der Waals surface area contributed by atoms with Gasteiger partial charge in [-0.15, -0.1) is 0 Å². The molecule has 2 aliphatic rings. The van der Waals surface area contributed by atoms with Crippen molar-refractivity contribution in [3.63, 3.8) is 0 Å². The van der Waals surface area contributed by atoms with Crippen LogP contribution in [0.4, 0.5) is 5.69 Å². The Morgan fingerprint density at radius 2 is 1.59 bits per heavy atom. The Labute approximate surface area is 178 Å². The number of carbonyl (C=O) groups is 1. The van der Waals surface area contributed by atoms with Gasteiger partial charge in [-0.1, -0.05) is 35.9 Å². The second-order valence-corrected chi connectivity index (χ2v) is 8.46. The van der Waals surface area contributed by atoms with Crippen LogP contribution in [0, 0.1) is 0 Å². The molecule has 0 aliphatic carbocycles. The van der Waals surface area contributed by atoms with E-state index in [0.29, 0.717) is 16.6 Å². The summed E-state index contributed by atoms with van der Waals surface area (Å²) in [5.41, 5.74) is 8.53. The van der Waals surface area contributed by atoms with Gasteiger partial charge in [-0.2, -0.15) is 0 Å². The number of carbonyl (C=O) groups excluding carboxylic acids is 1. The molecule has 29 heavy (non-hydrogen) atoms. The third-order valence-electron chi connectivity index (χ3n) is 6.17. The first-order chi connectivity index (χ1) is 14.1. The number of hydrogen-bond acceptors (Lipinski definition) is 4. The number of piperidine rings is 1. The number of anilines is 1. The Hall–Kier alpha value is -2.08. The molecule has 1 amide bonds. The summed E-state index contributed by atoms with van der Waals surface area (Å²) in [6.07, 6.45) is 2.07. The lowest BCUT2D eigenvalue weighted by Crippen LogP contribution is -2.53. The molecule has 2 saturated heterocycles. The van der Waals surface area contributed by atoms with Crippen molar-refractivity contribution in [2.75, 3.05) is 45.0 Å². The van der Waals surface area contributed by atoms with Crippen LogP contribution in [0.5, 0.6) is 0 Å². The number of halogens is 1. The molecule has 2 aromatic carbocycles. The van der Waals surface area contributed by atoms with E-state index in [0.717, 1.165) is 64.3 Å². The summed E-state index contributed by atoms with van der Waals surface area (Å²) in [4.78, 5) is 19.8. The van der Waals surface area contributed by atoms with Gasteiger partial charge in [-0.3, -0.25) is 14.6 Å². The molecule has 154 valence electrons. The van der Waals surface area contributed by atoms with E-state index in [-0.39, 0.29) is 5.91 Å². The molecule has 0 spiro atoms. The first-order valence-corrected chi connectivity index (χ1v) is 10.8. The number of amides is 1. The van der Waals surface area contributed by atoms with Crippen molar-refractivity contribution in [1.82, 2.24) is 14.7 Å². The average Bonchev–Trinajstić information content (AvgIpc) is 2.76. The molecular weight excluding hydrogens is 384 g/mol. The summed E-state index contributed by atoms with van der Waals surface area (Å²) in [7, 11) is 0. The van der Waals surface area contributed by atoms with Crippen molar-refractivity contribution in [2.45, 2.75) is 25.4 Å². The zero-order valence-electron chi connectivity index (χ0n) is 16.8. The summed E-state index contributed by atoms with van der Waals surface area (Å²) in [5.74, 6) is 0.0577. The highest BCUT2D eigenvalue weighted by atomic mass is 35.5. The second-order valence-electron chi connectivity index (χ2n) is 8.06. The Bertz CT molecular complexity index is 825. The summed E-state index contributed by atoms with van der Waals surface area (Å²) >= 11 is 6.20. The summed E-state index contributed by atoms with van der Waals surface area (Å²) in [6.45, 7) is 6.96. The third kappa shape index (κ3) is 4.92. The van der Waals surface area contributed by atoms with Gasteiger partial charge >= 0.3 is 0 Å². The number of piperazine rings is 1. The number of nitrogens with zero attached hydrogens (tertiary/aromatic N) is 3. The van der Waals surface area contributed by atoms with Gasteiger partial charge in [-0.05, 0) is 42.7 Å². The Morgan fingerprint density at radius 1 is 0.931 bits per heavy atom. The zero-order chi connectivity index (χ0) is 20.2. The van der Waals surface area contributed by atoms with E-state index in [9.17, 15) is 4.79 Å². The molecule has 0 saturated carbocycles. The van der Waals surface area contributed by atoms with Gasteiger partial charge in [0, 0.05) is 57.5 Å². The van der Waals surface area contributed by atoms with Crippen molar-refractivity contribution >= 4 is 23.2 Å². The standard InChI is InChI=1S/C23H29ClN4O/c24-22-4-2-1-3-21(22)23(29)28-11-9-20(10-12-28)27-15-13-26(14-16-27)17-18-5-7-19(25)8-6-18/h1-8,20H,9-17,25H2. The van der Waals surface area contributed by atoms with Crippen LogP contribution in [0.15, 0.2) is 48.5 Å². The largest absolute Gasteiger partial charge is 0.399 e. The van der Waals surface area contributed by atoms with Crippen molar-refractivity contribution in [1.29, 1.82) is 0 Å². The number of rotatable bonds is 4. The van der Waals surface area contributed by atoms with E-state index in [1.165, 1.54) is 5.56 Å². The van der Waals surface area contributed by atoms with Crippen molar-refractivity contribution < 1.29 is 4.79 Å². The molecule has 2 aromatic rings. The van der Waals surface area contributed by atoms with Crippen LogP contribution in [-0.2, 0) is 6.54 Å². The van der Waals surface area contributed by atoms with Crippen LogP contribution < -0.4 is 5.73 Å². The van der Waals surface area contributed by atoms with Gasteiger partial charge in [-0.25, -0.2) is 0 Å². The lowest BCUT2D eigenvalue weighted by atomic mass is 10.0. The molecule has 0 bridgehead atoms. The molecule has 2 fully saturated rings. The quantitative estimate of drug-likeness (QED) is 0.782. The fourth-order valence-corrected chi connectivity index (χ4v) is 4.62. The number of nitrogen functional groups attached to an aromatic ring is 1. The van der Waals surface area contributed by atoms with Gasteiger partial charge in [0.2, 0.25) is 0 Å². The molecule has 0 radical (unpaired) electrons. The molecule has 2 aliphatic heterocycles. The van der Waals surface area contributed by atoms with Crippen LogP contribution in [0.25, 0.3) is 0 Å². The van der Waals surface area contributed by atoms with Gasteiger partial charge in [0.05, 0.1) is 10.6 Å².